The van der Waals surface area contributed by atoms with Gasteiger partial charge in [-0.05, 0) is 55.2 Å². The van der Waals surface area contributed by atoms with Crippen LogP contribution in [0.15, 0.2) is 30.3 Å². The molecular formula is C22H25Cl2FN2O4S. The number of rotatable bonds is 4. The van der Waals surface area contributed by atoms with Gasteiger partial charge in [0.25, 0.3) is 5.91 Å². The maximum atomic E-state index is 14.4. The van der Waals surface area contributed by atoms with Gasteiger partial charge in [0, 0.05) is 23.9 Å². The van der Waals surface area contributed by atoms with Crippen molar-refractivity contribution in [3.05, 3.63) is 57.3 Å². The first-order valence-electron chi connectivity index (χ1n) is 10.5. The summed E-state index contributed by atoms with van der Waals surface area (Å²) in [5.74, 6) is -1.56. The van der Waals surface area contributed by atoms with Gasteiger partial charge in [-0.15, -0.1) is 0 Å². The molecule has 0 radical (unpaired) electrons. The average Bonchev–Trinajstić information content (AvgIpc) is 3.40. The molecule has 2 saturated heterocycles. The molecule has 1 atom stereocenters. The number of benzene rings is 2. The minimum Gasteiger partial charge on any atom is -0.374 e. The van der Waals surface area contributed by atoms with Crippen LogP contribution in [0.25, 0.3) is 0 Å². The fourth-order valence-electron chi connectivity index (χ4n) is 3.72. The Kier molecular flexibility index (Phi) is 8.03. The van der Waals surface area contributed by atoms with Crippen molar-refractivity contribution >= 4 is 50.5 Å². The number of amides is 1. The number of nitrogens with one attached hydrogen (secondary N) is 1. The SMILES string of the molecule is CC.O=C(Nc1cc(Cl)cc(C2CCCO2)c1)c1cc(N2CCCS2(=O)=O)cc(F)c1Cl. The standard InChI is InChI=1S/C20H19Cl2FN2O4S.C2H6/c21-13-7-12(18-3-1-5-29-18)8-14(9-13)24-20(26)16-10-15(11-17(23)19(16)22)25-4-2-6-30(25,27)28;1-2/h7-11,18H,1-6H2,(H,24,26);1-2H3. The van der Waals surface area contributed by atoms with E-state index in [4.69, 9.17) is 27.9 Å². The van der Waals surface area contributed by atoms with Crippen LogP contribution >= 0.6 is 23.2 Å². The molecule has 0 aromatic heterocycles. The van der Waals surface area contributed by atoms with Crippen molar-refractivity contribution in [2.24, 2.45) is 0 Å². The smallest absolute Gasteiger partial charge is 0.257 e. The average molecular weight is 503 g/mol. The van der Waals surface area contributed by atoms with Gasteiger partial charge in [0.15, 0.2) is 0 Å². The lowest BCUT2D eigenvalue weighted by Gasteiger charge is -2.19. The largest absolute Gasteiger partial charge is 0.374 e. The van der Waals surface area contributed by atoms with E-state index in [-0.39, 0.29) is 34.7 Å². The van der Waals surface area contributed by atoms with Crippen LogP contribution in [-0.2, 0) is 14.8 Å². The predicted octanol–water partition coefficient (Wildman–Crippen LogP) is 5.80. The molecule has 2 aliphatic heterocycles. The van der Waals surface area contributed by atoms with Crippen LogP contribution in [0.2, 0.25) is 10.0 Å². The van der Waals surface area contributed by atoms with E-state index in [0.29, 0.717) is 23.7 Å². The van der Waals surface area contributed by atoms with Crippen LogP contribution in [0.4, 0.5) is 15.8 Å². The fraction of sp³-hybridized carbons (Fsp3) is 0.409. The summed E-state index contributed by atoms with van der Waals surface area (Å²) in [6.45, 7) is 4.89. The summed E-state index contributed by atoms with van der Waals surface area (Å²) in [6, 6.07) is 7.40. The minimum absolute atomic E-state index is 0.0205. The van der Waals surface area contributed by atoms with Gasteiger partial charge >= 0.3 is 0 Å². The van der Waals surface area contributed by atoms with Gasteiger partial charge in [0.1, 0.15) is 5.82 Å². The molecule has 2 aromatic carbocycles. The number of nitrogens with zero attached hydrogens (tertiary/aromatic N) is 1. The first-order chi connectivity index (χ1) is 15.2. The summed E-state index contributed by atoms with van der Waals surface area (Å²) in [5.41, 5.74) is 1.16. The van der Waals surface area contributed by atoms with E-state index in [9.17, 15) is 17.6 Å². The molecule has 1 unspecified atom stereocenters. The first-order valence-corrected chi connectivity index (χ1v) is 12.8. The number of ether oxygens (including phenoxy) is 1. The molecule has 32 heavy (non-hydrogen) atoms. The van der Waals surface area contributed by atoms with Crippen molar-refractivity contribution in [3.63, 3.8) is 0 Å². The normalized spacial score (nSPS) is 19.4. The lowest BCUT2D eigenvalue weighted by atomic mass is 10.1. The molecular weight excluding hydrogens is 478 g/mol. The Morgan fingerprint density at radius 3 is 2.53 bits per heavy atom. The predicted molar refractivity (Wildman–Crippen MR) is 126 cm³/mol. The number of carbonyl (C=O) groups is 1. The van der Waals surface area contributed by atoms with Gasteiger partial charge < -0.3 is 10.1 Å². The van der Waals surface area contributed by atoms with Crippen LogP contribution in [0.3, 0.4) is 0 Å². The number of carbonyl (C=O) groups excluding carboxylic acids is 1. The monoisotopic (exact) mass is 502 g/mol. The Balaban J connectivity index is 0.00000141. The van der Waals surface area contributed by atoms with Crippen LogP contribution < -0.4 is 9.62 Å². The second-order valence-corrected chi connectivity index (χ2v) is 10.1. The molecule has 2 heterocycles. The third-order valence-corrected chi connectivity index (χ3v) is 7.60. The van der Waals surface area contributed by atoms with Gasteiger partial charge in [-0.1, -0.05) is 37.0 Å². The van der Waals surface area contributed by atoms with E-state index in [1.165, 1.54) is 6.07 Å². The van der Waals surface area contributed by atoms with Crippen molar-refractivity contribution in [2.45, 2.75) is 39.2 Å². The lowest BCUT2D eigenvalue weighted by Crippen LogP contribution is -2.26. The maximum absolute atomic E-state index is 14.4. The van der Waals surface area contributed by atoms with E-state index in [2.05, 4.69) is 5.32 Å². The minimum atomic E-state index is -3.53. The quantitative estimate of drug-likeness (QED) is 0.572. The molecule has 0 aliphatic carbocycles. The number of sulfonamides is 1. The third-order valence-electron chi connectivity index (χ3n) is 5.12. The molecule has 1 amide bonds. The molecule has 0 bridgehead atoms. The Bertz CT molecular complexity index is 1110. The number of anilines is 2. The molecule has 2 aromatic rings. The zero-order valence-electron chi connectivity index (χ0n) is 17.8. The summed E-state index contributed by atoms with van der Waals surface area (Å²) in [7, 11) is -3.53. The van der Waals surface area contributed by atoms with Crippen LogP contribution in [0.1, 0.15) is 55.1 Å². The summed E-state index contributed by atoms with van der Waals surface area (Å²) in [4.78, 5) is 12.9. The summed E-state index contributed by atoms with van der Waals surface area (Å²) >= 11 is 12.2. The summed E-state index contributed by atoms with van der Waals surface area (Å²) in [5, 5.41) is 2.71. The Hall–Kier alpha value is -1.87. The van der Waals surface area contributed by atoms with E-state index >= 15 is 0 Å². The van der Waals surface area contributed by atoms with E-state index in [0.717, 1.165) is 28.8 Å². The highest BCUT2D eigenvalue weighted by molar-refractivity contribution is 7.93. The van der Waals surface area contributed by atoms with Crippen molar-refractivity contribution in [1.82, 2.24) is 0 Å². The highest BCUT2D eigenvalue weighted by Gasteiger charge is 2.30. The van der Waals surface area contributed by atoms with Gasteiger partial charge in [-0.25, -0.2) is 12.8 Å². The molecule has 1 N–H and O–H groups in total. The zero-order valence-corrected chi connectivity index (χ0v) is 20.2. The molecule has 2 fully saturated rings. The molecule has 2 aliphatic rings. The van der Waals surface area contributed by atoms with E-state index in [1.807, 2.05) is 13.8 Å². The number of hydrogen-bond donors (Lipinski definition) is 1. The summed E-state index contributed by atoms with van der Waals surface area (Å²) in [6.07, 6.45) is 2.14. The zero-order chi connectivity index (χ0) is 23.5. The second kappa shape index (κ2) is 10.4. The van der Waals surface area contributed by atoms with Crippen LogP contribution in [0.5, 0.6) is 0 Å². The highest BCUT2D eigenvalue weighted by Crippen LogP contribution is 2.34. The van der Waals surface area contributed by atoms with E-state index < -0.39 is 21.7 Å². The third kappa shape index (κ3) is 5.36. The van der Waals surface area contributed by atoms with Gasteiger partial charge in [0.2, 0.25) is 10.0 Å². The lowest BCUT2D eigenvalue weighted by molar-refractivity contribution is 0.102. The molecule has 174 valence electrons. The van der Waals surface area contributed by atoms with Crippen molar-refractivity contribution in [1.29, 1.82) is 0 Å². The maximum Gasteiger partial charge on any atom is 0.257 e. The van der Waals surface area contributed by atoms with Crippen molar-refractivity contribution in [3.8, 4) is 0 Å². The molecule has 10 heteroatoms. The topological polar surface area (TPSA) is 75.7 Å². The van der Waals surface area contributed by atoms with Crippen LogP contribution in [0, 0.1) is 5.82 Å². The van der Waals surface area contributed by atoms with Gasteiger partial charge in [0.05, 0.1) is 28.1 Å². The van der Waals surface area contributed by atoms with Gasteiger partial charge in [-0.2, -0.15) is 0 Å². The van der Waals surface area contributed by atoms with Crippen molar-refractivity contribution in [2.75, 3.05) is 28.5 Å². The Morgan fingerprint density at radius 1 is 1.16 bits per heavy atom. The number of halogens is 3. The Morgan fingerprint density at radius 2 is 1.91 bits per heavy atom. The summed E-state index contributed by atoms with van der Waals surface area (Å²) < 4.78 is 45.5. The Labute approximate surface area is 197 Å². The number of hydrogen-bond acceptors (Lipinski definition) is 4. The molecule has 6 nitrogen and oxygen atoms in total. The molecule has 4 rings (SSSR count). The van der Waals surface area contributed by atoms with Crippen LogP contribution in [-0.4, -0.2) is 33.2 Å². The fourth-order valence-corrected chi connectivity index (χ4v) is 5.71. The van der Waals surface area contributed by atoms with E-state index in [1.54, 1.807) is 18.2 Å². The van der Waals surface area contributed by atoms with Crippen molar-refractivity contribution < 1.29 is 22.3 Å². The molecule has 0 spiro atoms. The second-order valence-electron chi connectivity index (χ2n) is 7.26. The van der Waals surface area contributed by atoms with Gasteiger partial charge in [-0.3, -0.25) is 9.10 Å². The first kappa shape index (κ1) is 24.8. The highest BCUT2D eigenvalue weighted by atomic mass is 35.5. The molecule has 0 saturated carbocycles.